The molecule has 26 heavy (non-hydrogen) atoms. The van der Waals surface area contributed by atoms with Crippen molar-refractivity contribution in [2.75, 3.05) is 17.3 Å². The van der Waals surface area contributed by atoms with Crippen LogP contribution in [0.4, 0.5) is 0 Å². The molecule has 0 saturated carbocycles. The van der Waals surface area contributed by atoms with Crippen LogP contribution in [0.25, 0.3) is 11.2 Å². The number of hydrazine groups is 1. The van der Waals surface area contributed by atoms with E-state index in [1.54, 1.807) is 11.6 Å². The number of aryl methyl sites for hydroxylation is 1. The van der Waals surface area contributed by atoms with E-state index in [2.05, 4.69) is 4.98 Å². The largest absolute Gasteiger partial charge is 0.332 e. The molecule has 1 aliphatic rings. The van der Waals surface area contributed by atoms with Crippen LogP contribution in [0.1, 0.15) is 19.4 Å². The molecule has 3 heterocycles. The highest BCUT2D eigenvalue weighted by Crippen LogP contribution is 2.30. The summed E-state index contributed by atoms with van der Waals surface area (Å²) in [5, 5.41) is 0.437. The van der Waals surface area contributed by atoms with Crippen molar-refractivity contribution in [3.8, 4) is 0 Å². The van der Waals surface area contributed by atoms with Crippen molar-refractivity contribution in [1.29, 1.82) is 0 Å². The summed E-state index contributed by atoms with van der Waals surface area (Å²) in [4.78, 5) is 41.3. The van der Waals surface area contributed by atoms with Gasteiger partial charge in [-0.1, -0.05) is 18.7 Å². The number of hydrogen-bond acceptors (Lipinski definition) is 7. The molecule has 0 unspecified atom stereocenters. The Labute approximate surface area is 155 Å². The maximum absolute atomic E-state index is 13.0. The Balaban J connectivity index is 2.22. The lowest BCUT2D eigenvalue weighted by molar-refractivity contribution is -0.118. The summed E-state index contributed by atoms with van der Waals surface area (Å²) < 4.78 is 15.8. The number of thioether (sulfide) groups is 1. The van der Waals surface area contributed by atoms with Crippen LogP contribution < -0.4 is 22.5 Å². The van der Waals surface area contributed by atoms with Gasteiger partial charge < -0.3 is 4.57 Å². The third-order valence-corrected chi connectivity index (χ3v) is 6.67. The number of nitrogens with one attached hydrogen (secondary N) is 1. The standard InChI is InChI=1S/C14H20N6O4S2/c1-3-4-19-12(22)10-11(18(2)14(19)23)16-13(25-5-9(21)17-15)20(10)8-6-26(24)7-8/h8H,3-7,15H2,1-2H3,(H,17,21). The summed E-state index contributed by atoms with van der Waals surface area (Å²) in [6, 6.07) is -0.149. The van der Waals surface area contributed by atoms with Crippen LogP contribution in [0.15, 0.2) is 14.7 Å². The zero-order valence-electron chi connectivity index (χ0n) is 14.4. The molecular weight excluding hydrogens is 380 g/mol. The van der Waals surface area contributed by atoms with Gasteiger partial charge in [-0.15, -0.1) is 0 Å². The smallest absolute Gasteiger partial charge is 0.308 e. The van der Waals surface area contributed by atoms with Crippen LogP contribution in [0.2, 0.25) is 0 Å². The van der Waals surface area contributed by atoms with Crippen LogP contribution in [0.5, 0.6) is 0 Å². The summed E-state index contributed by atoms with van der Waals surface area (Å²) in [5.74, 6) is 5.57. The highest BCUT2D eigenvalue weighted by Gasteiger charge is 2.33. The van der Waals surface area contributed by atoms with Crippen molar-refractivity contribution < 1.29 is 9.00 Å². The molecule has 0 spiro atoms. The lowest BCUT2D eigenvalue weighted by Gasteiger charge is -2.28. The Morgan fingerprint density at radius 2 is 2.12 bits per heavy atom. The van der Waals surface area contributed by atoms with Crippen molar-refractivity contribution in [2.24, 2.45) is 12.9 Å². The van der Waals surface area contributed by atoms with Crippen LogP contribution >= 0.6 is 11.8 Å². The third kappa shape index (κ3) is 3.12. The predicted octanol–water partition coefficient (Wildman–Crippen LogP) is -1.31. The minimum Gasteiger partial charge on any atom is -0.308 e. The fourth-order valence-corrected chi connectivity index (χ4v) is 4.82. The van der Waals surface area contributed by atoms with E-state index in [1.165, 1.54) is 9.13 Å². The molecular formula is C14H20N6O4S2. The SMILES string of the molecule is CCCn1c(=O)c2c(nc(SCC(=O)NN)n2C2CS(=O)C2)n(C)c1=O. The molecule has 1 aliphatic heterocycles. The van der Waals surface area contributed by atoms with Gasteiger partial charge in [0.05, 0.1) is 11.8 Å². The van der Waals surface area contributed by atoms with Gasteiger partial charge in [-0.25, -0.2) is 15.6 Å². The molecule has 10 nitrogen and oxygen atoms in total. The van der Waals surface area contributed by atoms with E-state index in [0.717, 1.165) is 11.8 Å². The Bertz CT molecular complexity index is 1000. The molecule has 142 valence electrons. The van der Waals surface area contributed by atoms with Gasteiger partial charge in [-0.05, 0) is 6.42 Å². The van der Waals surface area contributed by atoms with E-state index < -0.39 is 22.0 Å². The fraction of sp³-hybridized carbons (Fsp3) is 0.571. The average molecular weight is 400 g/mol. The maximum atomic E-state index is 13.0. The van der Waals surface area contributed by atoms with Gasteiger partial charge >= 0.3 is 5.69 Å². The Hall–Kier alpha value is -1.92. The lowest BCUT2D eigenvalue weighted by Crippen LogP contribution is -2.41. The zero-order chi connectivity index (χ0) is 19.0. The van der Waals surface area contributed by atoms with Crippen molar-refractivity contribution in [1.82, 2.24) is 24.1 Å². The first-order valence-electron chi connectivity index (χ1n) is 8.08. The second-order valence-electron chi connectivity index (χ2n) is 6.02. The Morgan fingerprint density at radius 3 is 2.69 bits per heavy atom. The minimum atomic E-state index is -0.932. The molecule has 0 aliphatic carbocycles. The summed E-state index contributed by atoms with van der Waals surface area (Å²) in [5.41, 5.74) is 1.77. The van der Waals surface area contributed by atoms with E-state index >= 15 is 0 Å². The molecule has 2 aromatic rings. The molecule has 1 amide bonds. The highest BCUT2D eigenvalue weighted by molar-refractivity contribution is 7.99. The molecule has 0 bridgehead atoms. The van der Waals surface area contributed by atoms with E-state index in [-0.39, 0.29) is 23.3 Å². The van der Waals surface area contributed by atoms with Crippen molar-refractivity contribution >= 4 is 39.6 Å². The second-order valence-corrected chi connectivity index (χ2v) is 8.51. The maximum Gasteiger partial charge on any atom is 0.332 e. The number of rotatable bonds is 6. The quantitative estimate of drug-likeness (QED) is 0.266. The van der Waals surface area contributed by atoms with Crippen molar-refractivity contribution in [2.45, 2.75) is 31.1 Å². The number of hydrogen-bond donors (Lipinski definition) is 2. The van der Waals surface area contributed by atoms with Crippen LogP contribution in [0, 0.1) is 0 Å². The lowest BCUT2D eigenvalue weighted by atomic mass is 10.3. The summed E-state index contributed by atoms with van der Waals surface area (Å²) in [6.45, 7) is 2.19. The number of imidazole rings is 1. The number of nitrogens with two attached hydrogens (primary N) is 1. The van der Waals surface area contributed by atoms with Gasteiger partial charge in [0.25, 0.3) is 5.56 Å². The van der Waals surface area contributed by atoms with Gasteiger partial charge in [0.15, 0.2) is 16.3 Å². The predicted molar refractivity (Wildman–Crippen MR) is 99.5 cm³/mol. The zero-order valence-corrected chi connectivity index (χ0v) is 16.1. The molecule has 0 radical (unpaired) electrons. The van der Waals surface area contributed by atoms with Crippen LogP contribution in [-0.2, 0) is 29.2 Å². The van der Waals surface area contributed by atoms with E-state index in [4.69, 9.17) is 5.84 Å². The third-order valence-electron chi connectivity index (χ3n) is 4.21. The number of amides is 1. The Kier molecular flexibility index (Phi) is 5.34. The second kappa shape index (κ2) is 7.37. The molecule has 3 N–H and O–H groups in total. The molecule has 2 aromatic heterocycles. The van der Waals surface area contributed by atoms with E-state index in [0.29, 0.717) is 35.1 Å². The number of carbonyl (C=O) groups excluding carboxylic acids is 1. The van der Waals surface area contributed by atoms with Gasteiger partial charge in [0, 0.05) is 35.9 Å². The van der Waals surface area contributed by atoms with Gasteiger partial charge in [0.2, 0.25) is 5.91 Å². The highest BCUT2D eigenvalue weighted by atomic mass is 32.2. The van der Waals surface area contributed by atoms with Gasteiger partial charge in [-0.3, -0.25) is 28.4 Å². The fourth-order valence-electron chi connectivity index (χ4n) is 2.88. The molecule has 0 aromatic carbocycles. The van der Waals surface area contributed by atoms with Crippen LogP contribution in [0.3, 0.4) is 0 Å². The van der Waals surface area contributed by atoms with E-state index in [1.807, 2.05) is 12.3 Å². The van der Waals surface area contributed by atoms with Crippen molar-refractivity contribution in [3.05, 3.63) is 20.8 Å². The number of aromatic nitrogens is 4. The molecule has 1 saturated heterocycles. The number of nitrogens with zero attached hydrogens (tertiary/aromatic N) is 4. The van der Waals surface area contributed by atoms with Gasteiger partial charge in [-0.2, -0.15) is 0 Å². The van der Waals surface area contributed by atoms with Gasteiger partial charge in [0.1, 0.15) is 0 Å². The van der Waals surface area contributed by atoms with Crippen molar-refractivity contribution in [3.63, 3.8) is 0 Å². The number of carbonyl (C=O) groups is 1. The normalized spacial score (nSPS) is 19.5. The molecule has 3 rings (SSSR count). The monoisotopic (exact) mass is 400 g/mol. The summed E-state index contributed by atoms with van der Waals surface area (Å²) in [7, 11) is 0.631. The Morgan fingerprint density at radius 1 is 1.42 bits per heavy atom. The first kappa shape index (κ1) is 18.9. The molecule has 12 heteroatoms. The first-order chi connectivity index (χ1) is 12.4. The summed E-state index contributed by atoms with van der Waals surface area (Å²) >= 11 is 1.12. The molecule has 1 fully saturated rings. The summed E-state index contributed by atoms with van der Waals surface area (Å²) in [6.07, 6.45) is 0.639. The topological polar surface area (TPSA) is 134 Å². The number of fused-ring (bicyclic) bond motifs is 1. The van der Waals surface area contributed by atoms with Crippen LogP contribution in [-0.4, -0.2) is 46.1 Å². The molecule has 0 atom stereocenters. The first-order valence-corrected chi connectivity index (χ1v) is 10.5. The minimum absolute atomic E-state index is 0.0206. The average Bonchev–Trinajstić information content (AvgIpc) is 2.97. The van der Waals surface area contributed by atoms with E-state index in [9.17, 15) is 18.6 Å².